The van der Waals surface area contributed by atoms with Crippen LogP contribution >= 0.6 is 0 Å². The number of hydrogen-bond donors (Lipinski definition) is 2. The largest absolute Gasteiger partial charge is 0.477 e. The number of carboxylic acid groups (broad SMARTS) is 1. The van der Waals surface area contributed by atoms with Gasteiger partial charge >= 0.3 is 5.97 Å². The standard InChI is InChI=1S/C16H16N2O3/c1-11(10-12-6-3-2-4-7-12)17-15(19)13-8-5-9-14(18-13)16(20)21/h2-9,11H,10H2,1H3,(H,17,19)(H,20,21). The van der Waals surface area contributed by atoms with E-state index in [1.165, 1.54) is 18.2 Å². The van der Waals surface area contributed by atoms with E-state index in [-0.39, 0.29) is 23.3 Å². The van der Waals surface area contributed by atoms with Gasteiger partial charge in [0.2, 0.25) is 0 Å². The Bertz CT molecular complexity index is 641. The molecule has 21 heavy (non-hydrogen) atoms. The quantitative estimate of drug-likeness (QED) is 0.881. The predicted octanol–water partition coefficient (Wildman–Crippen LogP) is 2.14. The first kappa shape index (κ1) is 14.7. The van der Waals surface area contributed by atoms with Crippen molar-refractivity contribution in [1.29, 1.82) is 0 Å². The second kappa shape index (κ2) is 6.65. The fourth-order valence-electron chi connectivity index (χ4n) is 2.00. The fraction of sp³-hybridized carbons (Fsp3) is 0.188. The summed E-state index contributed by atoms with van der Waals surface area (Å²) in [5, 5.41) is 11.7. The number of aromatic carboxylic acids is 1. The molecule has 1 aromatic heterocycles. The highest BCUT2D eigenvalue weighted by atomic mass is 16.4. The van der Waals surface area contributed by atoms with Gasteiger partial charge in [0.15, 0.2) is 0 Å². The molecule has 5 nitrogen and oxygen atoms in total. The van der Waals surface area contributed by atoms with E-state index in [4.69, 9.17) is 5.11 Å². The zero-order valence-electron chi connectivity index (χ0n) is 11.6. The minimum atomic E-state index is -1.15. The number of rotatable bonds is 5. The molecule has 5 heteroatoms. The van der Waals surface area contributed by atoms with E-state index in [0.29, 0.717) is 6.42 Å². The second-order valence-electron chi connectivity index (χ2n) is 4.78. The molecule has 0 saturated carbocycles. The number of carbonyl (C=O) groups excluding carboxylic acids is 1. The Hall–Kier alpha value is -2.69. The van der Waals surface area contributed by atoms with Gasteiger partial charge in [0.1, 0.15) is 11.4 Å². The molecule has 1 atom stereocenters. The molecule has 1 heterocycles. The summed E-state index contributed by atoms with van der Waals surface area (Å²) in [7, 11) is 0. The number of benzene rings is 1. The van der Waals surface area contributed by atoms with Crippen LogP contribution in [-0.4, -0.2) is 28.0 Å². The molecule has 0 aliphatic carbocycles. The van der Waals surface area contributed by atoms with E-state index in [1.54, 1.807) is 0 Å². The molecule has 0 radical (unpaired) electrons. The van der Waals surface area contributed by atoms with Crippen molar-refractivity contribution in [3.63, 3.8) is 0 Å². The van der Waals surface area contributed by atoms with Gasteiger partial charge < -0.3 is 10.4 Å². The smallest absolute Gasteiger partial charge is 0.354 e. The first-order valence-corrected chi connectivity index (χ1v) is 6.61. The Morgan fingerprint density at radius 3 is 2.43 bits per heavy atom. The van der Waals surface area contributed by atoms with Gasteiger partial charge in [-0.3, -0.25) is 4.79 Å². The number of carboxylic acids is 1. The van der Waals surface area contributed by atoms with E-state index in [2.05, 4.69) is 10.3 Å². The van der Waals surface area contributed by atoms with Crippen LogP contribution in [0.3, 0.4) is 0 Å². The lowest BCUT2D eigenvalue weighted by atomic mass is 10.1. The third-order valence-electron chi connectivity index (χ3n) is 2.96. The topological polar surface area (TPSA) is 79.3 Å². The van der Waals surface area contributed by atoms with Crippen molar-refractivity contribution in [2.45, 2.75) is 19.4 Å². The minimum Gasteiger partial charge on any atom is -0.477 e. The molecule has 0 spiro atoms. The summed E-state index contributed by atoms with van der Waals surface area (Å²) >= 11 is 0. The summed E-state index contributed by atoms with van der Waals surface area (Å²) < 4.78 is 0. The zero-order valence-corrected chi connectivity index (χ0v) is 11.6. The predicted molar refractivity (Wildman–Crippen MR) is 78.3 cm³/mol. The van der Waals surface area contributed by atoms with E-state index >= 15 is 0 Å². The maximum Gasteiger partial charge on any atom is 0.354 e. The second-order valence-corrected chi connectivity index (χ2v) is 4.78. The van der Waals surface area contributed by atoms with Gasteiger partial charge in [-0.25, -0.2) is 9.78 Å². The summed E-state index contributed by atoms with van der Waals surface area (Å²) in [5.41, 5.74) is 1.09. The SMILES string of the molecule is CC(Cc1ccccc1)NC(=O)c1cccc(C(=O)O)n1. The molecular formula is C16H16N2O3. The molecule has 108 valence electrons. The normalized spacial score (nSPS) is 11.7. The maximum atomic E-state index is 12.1. The highest BCUT2D eigenvalue weighted by Gasteiger charge is 2.13. The number of hydrogen-bond acceptors (Lipinski definition) is 3. The highest BCUT2D eigenvalue weighted by molar-refractivity contribution is 5.94. The summed E-state index contributed by atoms with van der Waals surface area (Å²) in [6.07, 6.45) is 0.700. The van der Waals surface area contributed by atoms with Crippen LogP contribution < -0.4 is 5.32 Å². The van der Waals surface area contributed by atoms with Crippen molar-refractivity contribution >= 4 is 11.9 Å². The Labute approximate surface area is 122 Å². The van der Waals surface area contributed by atoms with Gasteiger partial charge in [-0.05, 0) is 31.0 Å². The average Bonchev–Trinajstić information content (AvgIpc) is 2.48. The molecule has 2 rings (SSSR count). The third-order valence-corrected chi connectivity index (χ3v) is 2.96. The van der Waals surface area contributed by atoms with E-state index in [0.717, 1.165) is 5.56 Å². The van der Waals surface area contributed by atoms with E-state index in [9.17, 15) is 9.59 Å². The van der Waals surface area contributed by atoms with Crippen molar-refractivity contribution in [1.82, 2.24) is 10.3 Å². The molecule has 0 saturated heterocycles. The van der Waals surface area contributed by atoms with Crippen LogP contribution in [0.4, 0.5) is 0 Å². The van der Waals surface area contributed by atoms with Gasteiger partial charge in [-0.2, -0.15) is 0 Å². The number of carbonyl (C=O) groups is 2. The van der Waals surface area contributed by atoms with Gasteiger partial charge in [0, 0.05) is 6.04 Å². The van der Waals surface area contributed by atoms with Crippen LogP contribution in [0.5, 0.6) is 0 Å². The van der Waals surface area contributed by atoms with Gasteiger partial charge in [0.25, 0.3) is 5.91 Å². The van der Waals surface area contributed by atoms with Gasteiger partial charge in [-0.1, -0.05) is 36.4 Å². The molecule has 0 aliphatic rings. The molecule has 0 aliphatic heterocycles. The Kier molecular flexibility index (Phi) is 4.66. The molecule has 0 bridgehead atoms. The molecular weight excluding hydrogens is 268 g/mol. The van der Waals surface area contributed by atoms with Gasteiger partial charge in [-0.15, -0.1) is 0 Å². The Balaban J connectivity index is 2.01. The summed E-state index contributed by atoms with van der Waals surface area (Å²) in [5.74, 6) is -1.52. The van der Waals surface area contributed by atoms with Crippen molar-refractivity contribution in [3.05, 3.63) is 65.5 Å². The van der Waals surface area contributed by atoms with Crippen molar-refractivity contribution in [2.24, 2.45) is 0 Å². The molecule has 0 fully saturated rings. The number of aromatic nitrogens is 1. The molecule has 1 unspecified atom stereocenters. The lowest BCUT2D eigenvalue weighted by Gasteiger charge is -2.13. The Morgan fingerprint density at radius 2 is 1.76 bits per heavy atom. The van der Waals surface area contributed by atoms with E-state index in [1.807, 2.05) is 37.3 Å². The molecule has 1 amide bonds. The van der Waals surface area contributed by atoms with Crippen LogP contribution in [-0.2, 0) is 6.42 Å². The monoisotopic (exact) mass is 284 g/mol. The third kappa shape index (κ3) is 4.14. The van der Waals surface area contributed by atoms with E-state index < -0.39 is 5.97 Å². The van der Waals surface area contributed by atoms with Crippen LogP contribution in [0.2, 0.25) is 0 Å². The van der Waals surface area contributed by atoms with Crippen LogP contribution in [0.15, 0.2) is 48.5 Å². The number of pyridine rings is 1. The average molecular weight is 284 g/mol. The van der Waals surface area contributed by atoms with Crippen molar-refractivity contribution in [3.8, 4) is 0 Å². The summed E-state index contributed by atoms with van der Waals surface area (Å²) in [6, 6.07) is 14.1. The zero-order chi connectivity index (χ0) is 15.2. The molecule has 1 aromatic carbocycles. The van der Waals surface area contributed by atoms with Gasteiger partial charge in [0.05, 0.1) is 0 Å². The number of nitrogens with zero attached hydrogens (tertiary/aromatic N) is 1. The molecule has 2 N–H and O–H groups in total. The lowest BCUT2D eigenvalue weighted by Crippen LogP contribution is -2.34. The molecule has 2 aromatic rings. The first-order chi connectivity index (χ1) is 10.1. The van der Waals surface area contributed by atoms with Crippen LogP contribution in [0, 0.1) is 0 Å². The summed E-state index contributed by atoms with van der Waals surface area (Å²) in [4.78, 5) is 26.7. The van der Waals surface area contributed by atoms with Crippen LogP contribution in [0.1, 0.15) is 33.5 Å². The number of amides is 1. The highest BCUT2D eigenvalue weighted by Crippen LogP contribution is 2.04. The van der Waals surface area contributed by atoms with Crippen LogP contribution in [0.25, 0.3) is 0 Å². The first-order valence-electron chi connectivity index (χ1n) is 6.61. The lowest BCUT2D eigenvalue weighted by molar-refractivity contribution is 0.0690. The number of nitrogens with one attached hydrogen (secondary N) is 1. The van der Waals surface area contributed by atoms with Crippen molar-refractivity contribution in [2.75, 3.05) is 0 Å². The minimum absolute atomic E-state index is 0.0739. The fourth-order valence-corrected chi connectivity index (χ4v) is 2.00. The Morgan fingerprint density at radius 1 is 1.10 bits per heavy atom. The summed E-state index contributed by atoms with van der Waals surface area (Å²) in [6.45, 7) is 1.89. The maximum absolute atomic E-state index is 12.1. The van der Waals surface area contributed by atoms with Crippen molar-refractivity contribution < 1.29 is 14.7 Å².